The van der Waals surface area contributed by atoms with Crippen molar-refractivity contribution in [2.45, 2.75) is 31.9 Å². The third-order valence-corrected chi connectivity index (χ3v) is 4.85. The Balaban J connectivity index is 1.86. The van der Waals surface area contributed by atoms with E-state index in [1.54, 1.807) is 30.2 Å². The number of hydrogen-bond acceptors (Lipinski definition) is 2. The summed E-state index contributed by atoms with van der Waals surface area (Å²) in [6.07, 6.45) is -1.66. The zero-order valence-electron chi connectivity index (χ0n) is 14.2. The molecule has 3 nitrogen and oxygen atoms in total. The second-order valence-corrected chi connectivity index (χ2v) is 6.94. The number of likely N-dealkylation sites (tertiary alicyclic amines) is 1. The van der Waals surface area contributed by atoms with Gasteiger partial charge in [-0.25, -0.2) is 0 Å². The third-order valence-electron chi connectivity index (χ3n) is 4.61. The molecule has 2 heterocycles. The molecule has 3 rings (SSSR count). The van der Waals surface area contributed by atoms with Gasteiger partial charge in [0.2, 0.25) is 0 Å². The summed E-state index contributed by atoms with van der Waals surface area (Å²) in [6.45, 7) is 2.58. The van der Waals surface area contributed by atoms with E-state index in [-0.39, 0.29) is 29.0 Å². The highest BCUT2D eigenvalue weighted by atomic mass is 35.5. The lowest BCUT2D eigenvalue weighted by atomic mass is 9.87. The van der Waals surface area contributed by atoms with E-state index in [0.29, 0.717) is 24.9 Å². The standard InChI is InChI=1S/C19H18ClF3N2O/c1-12-9-13(6-7-24-12)18(26)25-8-2-3-14(11-25)16-5-4-15(20)10-17(16)19(21,22)23/h4-7,9-10,14H,2-3,8,11H2,1H3. The predicted molar refractivity (Wildman–Crippen MR) is 93.3 cm³/mol. The van der Waals surface area contributed by atoms with Gasteiger partial charge in [-0.1, -0.05) is 17.7 Å². The van der Waals surface area contributed by atoms with Crippen LogP contribution < -0.4 is 0 Å². The van der Waals surface area contributed by atoms with Gasteiger partial charge in [0.1, 0.15) is 0 Å². The maximum Gasteiger partial charge on any atom is 0.416 e. The van der Waals surface area contributed by atoms with Crippen LogP contribution in [0.1, 0.15) is 45.9 Å². The Morgan fingerprint density at radius 2 is 2.04 bits per heavy atom. The van der Waals surface area contributed by atoms with Gasteiger partial charge < -0.3 is 4.90 Å². The molecular weight excluding hydrogens is 365 g/mol. The SMILES string of the molecule is Cc1cc(C(=O)N2CCCC(c3ccc(Cl)cc3C(F)(F)F)C2)ccn1. The number of nitrogens with zero attached hydrogens (tertiary/aromatic N) is 2. The zero-order chi connectivity index (χ0) is 18.9. The Bertz CT molecular complexity index is 823. The van der Waals surface area contributed by atoms with Crippen LogP contribution in [0.25, 0.3) is 0 Å². The molecule has 1 atom stereocenters. The van der Waals surface area contributed by atoms with Gasteiger partial charge in [-0.3, -0.25) is 9.78 Å². The average molecular weight is 383 g/mol. The van der Waals surface area contributed by atoms with Crippen LogP contribution >= 0.6 is 11.6 Å². The molecule has 1 amide bonds. The molecule has 0 saturated carbocycles. The molecule has 1 aliphatic heterocycles. The normalized spacial score (nSPS) is 18.0. The summed E-state index contributed by atoms with van der Waals surface area (Å²) in [4.78, 5) is 18.4. The Kier molecular flexibility index (Phi) is 5.23. The minimum atomic E-state index is -4.48. The summed E-state index contributed by atoms with van der Waals surface area (Å²) >= 11 is 5.77. The first kappa shape index (κ1) is 18.7. The topological polar surface area (TPSA) is 33.2 Å². The lowest BCUT2D eigenvalue weighted by Crippen LogP contribution is -2.39. The van der Waals surface area contributed by atoms with Crippen LogP contribution in [0.3, 0.4) is 0 Å². The van der Waals surface area contributed by atoms with Crippen molar-refractivity contribution in [2.24, 2.45) is 0 Å². The van der Waals surface area contributed by atoms with Gasteiger partial charge in [0.05, 0.1) is 5.56 Å². The molecule has 0 aliphatic carbocycles. The number of pyridine rings is 1. The van der Waals surface area contributed by atoms with Crippen molar-refractivity contribution >= 4 is 17.5 Å². The highest BCUT2D eigenvalue weighted by Gasteiger charge is 2.37. The Labute approximate surface area is 154 Å². The number of benzene rings is 1. The molecule has 1 aromatic carbocycles. The van der Waals surface area contributed by atoms with Crippen LogP contribution in [0, 0.1) is 6.92 Å². The molecular formula is C19H18ClF3N2O. The van der Waals surface area contributed by atoms with Crippen molar-refractivity contribution in [3.63, 3.8) is 0 Å². The van der Waals surface area contributed by atoms with Crippen LogP contribution in [-0.2, 0) is 6.18 Å². The van der Waals surface area contributed by atoms with Crippen LogP contribution in [0.5, 0.6) is 0 Å². The van der Waals surface area contributed by atoms with Crippen molar-refractivity contribution in [3.8, 4) is 0 Å². The highest BCUT2D eigenvalue weighted by Crippen LogP contribution is 2.39. The number of amides is 1. The van der Waals surface area contributed by atoms with Gasteiger partial charge >= 0.3 is 6.18 Å². The molecule has 26 heavy (non-hydrogen) atoms. The number of aromatic nitrogens is 1. The molecule has 1 aliphatic rings. The van der Waals surface area contributed by atoms with E-state index in [0.717, 1.165) is 11.8 Å². The van der Waals surface area contributed by atoms with E-state index < -0.39 is 11.7 Å². The Morgan fingerprint density at radius 1 is 1.27 bits per heavy atom. The van der Waals surface area contributed by atoms with E-state index in [9.17, 15) is 18.0 Å². The zero-order valence-corrected chi connectivity index (χ0v) is 14.9. The third kappa shape index (κ3) is 4.01. The number of piperidine rings is 1. The number of alkyl halides is 3. The molecule has 7 heteroatoms. The fraction of sp³-hybridized carbons (Fsp3) is 0.368. The van der Waals surface area contributed by atoms with Crippen LogP contribution in [-0.4, -0.2) is 28.9 Å². The van der Waals surface area contributed by atoms with Gasteiger partial charge in [0, 0.05) is 41.5 Å². The molecule has 0 N–H and O–H groups in total. The fourth-order valence-corrected chi connectivity index (χ4v) is 3.58. The average Bonchev–Trinajstić information content (AvgIpc) is 2.60. The first-order chi connectivity index (χ1) is 12.3. The summed E-state index contributed by atoms with van der Waals surface area (Å²) < 4.78 is 40.2. The molecule has 1 aromatic heterocycles. The highest BCUT2D eigenvalue weighted by molar-refractivity contribution is 6.30. The largest absolute Gasteiger partial charge is 0.416 e. The smallest absolute Gasteiger partial charge is 0.338 e. The predicted octanol–water partition coefficient (Wildman–Crippen LogP) is 5.08. The quantitative estimate of drug-likeness (QED) is 0.725. The maximum absolute atomic E-state index is 13.4. The summed E-state index contributed by atoms with van der Waals surface area (Å²) in [6, 6.07) is 7.18. The molecule has 2 aromatic rings. The monoisotopic (exact) mass is 382 g/mol. The van der Waals surface area contributed by atoms with Crippen molar-refractivity contribution < 1.29 is 18.0 Å². The molecule has 0 spiro atoms. The van der Waals surface area contributed by atoms with Crippen molar-refractivity contribution in [1.29, 1.82) is 0 Å². The van der Waals surface area contributed by atoms with Gasteiger partial charge in [-0.15, -0.1) is 0 Å². The van der Waals surface area contributed by atoms with E-state index in [1.165, 1.54) is 12.1 Å². The van der Waals surface area contributed by atoms with Crippen molar-refractivity contribution in [2.75, 3.05) is 13.1 Å². The summed E-state index contributed by atoms with van der Waals surface area (Å²) in [7, 11) is 0. The van der Waals surface area contributed by atoms with E-state index in [4.69, 9.17) is 11.6 Å². The molecule has 138 valence electrons. The second-order valence-electron chi connectivity index (χ2n) is 6.51. The molecule has 1 saturated heterocycles. The molecule has 0 radical (unpaired) electrons. The van der Waals surface area contributed by atoms with Crippen molar-refractivity contribution in [1.82, 2.24) is 9.88 Å². The first-order valence-electron chi connectivity index (χ1n) is 8.34. The number of carbonyl (C=O) groups is 1. The van der Waals surface area contributed by atoms with E-state index >= 15 is 0 Å². The second kappa shape index (κ2) is 7.27. The Morgan fingerprint density at radius 3 is 2.73 bits per heavy atom. The number of halogens is 4. The summed E-state index contributed by atoms with van der Waals surface area (Å²) in [5.41, 5.74) is 0.709. The molecule has 0 bridgehead atoms. The van der Waals surface area contributed by atoms with Gasteiger partial charge in [-0.05, 0) is 49.6 Å². The van der Waals surface area contributed by atoms with E-state index in [2.05, 4.69) is 4.98 Å². The van der Waals surface area contributed by atoms with Crippen molar-refractivity contribution in [3.05, 3.63) is 63.9 Å². The number of hydrogen-bond donors (Lipinski definition) is 0. The van der Waals surface area contributed by atoms with Crippen LogP contribution in [0.4, 0.5) is 13.2 Å². The number of rotatable bonds is 2. The van der Waals surface area contributed by atoms with Crippen LogP contribution in [0.2, 0.25) is 5.02 Å². The van der Waals surface area contributed by atoms with Crippen LogP contribution in [0.15, 0.2) is 36.5 Å². The minimum absolute atomic E-state index is 0.0528. The number of carbonyl (C=O) groups excluding carboxylic acids is 1. The number of aryl methyl sites for hydroxylation is 1. The molecule has 1 fully saturated rings. The first-order valence-corrected chi connectivity index (χ1v) is 8.72. The van der Waals surface area contributed by atoms with Gasteiger partial charge in [0.25, 0.3) is 5.91 Å². The van der Waals surface area contributed by atoms with Gasteiger partial charge in [-0.2, -0.15) is 13.2 Å². The van der Waals surface area contributed by atoms with E-state index in [1.807, 2.05) is 0 Å². The fourth-order valence-electron chi connectivity index (χ4n) is 3.41. The summed E-state index contributed by atoms with van der Waals surface area (Å²) in [5.74, 6) is -0.549. The molecule has 1 unspecified atom stereocenters. The van der Waals surface area contributed by atoms with Gasteiger partial charge in [0.15, 0.2) is 0 Å². The summed E-state index contributed by atoms with van der Waals surface area (Å²) in [5, 5.41) is 0.0528. The maximum atomic E-state index is 13.4. The lowest BCUT2D eigenvalue weighted by molar-refractivity contribution is -0.138. The minimum Gasteiger partial charge on any atom is -0.338 e. The lowest BCUT2D eigenvalue weighted by Gasteiger charge is -2.34. The Hall–Kier alpha value is -2.08.